The summed E-state index contributed by atoms with van der Waals surface area (Å²) in [7, 11) is 0. The van der Waals surface area contributed by atoms with E-state index in [0.29, 0.717) is 17.9 Å². The van der Waals surface area contributed by atoms with Gasteiger partial charge in [0.05, 0.1) is 17.9 Å². The second kappa shape index (κ2) is 10.4. The molecule has 160 valence electrons. The maximum absolute atomic E-state index is 12.3. The van der Waals surface area contributed by atoms with Crippen molar-refractivity contribution in [3.8, 4) is 5.75 Å². The van der Waals surface area contributed by atoms with Crippen LogP contribution in [0.1, 0.15) is 40.5 Å². The number of benzene rings is 2. The number of para-hydroxylation sites is 1. The number of amides is 2. The van der Waals surface area contributed by atoms with Gasteiger partial charge in [0.25, 0.3) is 5.91 Å². The molecular weight excluding hydrogens is 401 g/mol. The number of halogens is 3. The summed E-state index contributed by atoms with van der Waals surface area (Å²) in [5.41, 5.74) is 0.391. The Kier molecular flexibility index (Phi) is 7.97. The second-order valence-corrected chi connectivity index (χ2v) is 6.27. The Morgan fingerprint density at radius 1 is 0.967 bits per heavy atom. The van der Waals surface area contributed by atoms with Crippen LogP contribution in [0.15, 0.2) is 48.5 Å². The largest absolute Gasteiger partial charge is 0.494 e. The molecule has 2 amide bonds. The number of nitrogens with one attached hydrogen (secondary N) is 2. The van der Waals surface area contributed by atoms with E-state index in [1.54, 1.807) is 29.6 Å². The number of rotatable bonds is 9. The molecule has 0 saturated heterocycles. The molecule has 0 bridgehead atoms. The van der Waals surface area contributed by atoms with Gasteiger partial charge in [-0.25, -0.2) is 0 Å². The van der Waals surface area contributed by atoms with E-state index in [2.05, 4.69) is 5.32 Å². The van der Waals surface area contributed by atoms with E-state index < -0.39 is 24.5 Å². The number of alkyl halides is 3. The first-order chi connectivity index (χ1) is 14.2. The summed E-state index contributed by atoms with van der Waals surface area (Å²) < 4.78 is 42.2. The standard InChI is InChI=1S/C21H21F3N2O4/c1-2-30-15-9-7-14(8-10-15)18(27)11-12-19(28)26-17-6-4-3-5-16(17)20(29)25-13-21(22,23)24/h3-10H,2,11-13H2,1H3,(H,25,29)(H,26,28). The Bertz CT molecular complexity index is 896. The van der Waals surface area contributed by atoms with E-state index in [-0.39, 0.29) is 29.9 Å². The minimum absolute atomic E-state index is 0.0655. The highest BCUT2D eigenvalue weighted by molar-refractivity contribution is 6.05. The molecule has 0 aliphatic rings. The topological polar surface area (TPSA) is 84.5 Å². The summed E-state index contributed by atoms with van der Waals surface area (Å²) in [5.74, 6) is -1.12. The van der Waals surface area contributed by atoms with Gasteiger partial charge >= 0.3 is 6.18 Å². The van der Waals surface area contributed by atoms with Crippen molar-refractivity contribution in [2.75, 3.05) is 18.5 Å². The molecule has 2 aromatic carbocycles. The zero-order valence-electron chi connectivity index (χ0n) is 16.2. The van der Waals surface area contributed by atoms with E-state index in [1.165, 1.54) is 24.3 Å². The fraction of sp³-hybridized carbons (Fsp3) is 0.286. The SMILES string of the molecule is CCOc1ccc(C(=O)CCC(=O)Nc2ccccc2C(=O)NCC(F)(F)F)cc1. The van der Waals surface area contributed by atoms with Crippen LogP contribution in [0, 0.1) is 0 Å². The molecule has 0 heterocycles. The quantitative estimate of drug-likeness (QED) is 0.599. The lowest BCUT2D eigenvalue weighted by molar-refractivity contribution is -0.123. The van der Waals surface area contributed by atoms with Gasteiger partial charge in [-0.3, -0.25) is 14.4 Å². The zero-order chi connectivity index (χ0) is 22.1. The van der Waals surface area contributed by atoms with Gasteiger partial charge in [0, 0.05) is 18.4 Å². The summed E-state index contributed by atoms with van der Waals surface area (Å²) in [6.07, 6.45) is -4.76. The molecule has 2 rings (SSSR count). The van der Waals surface area contributed by atoms with E-state index in [9.17, 15) is 27.6 Å². The number of hydrogen-bond acceptors (Lipinski definition) is 4. The van der Waals surface area contributed by atoms with Gasteiger partial charge in [-0.05, 0) is 43.3 Å². The summed E-state index contributed by atoms with van der Waals surface area (Å²) in [4.78, 5) is 36.4. The molecule has 0 unspecified atom stereocenters. The first kappa shape index (κ1) is 22.9. The number of ketones is 1. The molecular formula is C21H21F3N2O4. The smallest absolute Gasteiger partial charge is 0.405 e. The Morgan fingerprint density at radius 3 is 2.27 bits per heavy atom. The van der Waals surface area contributed by atoms with Gasteiger partial charge in [-0.1, -0.05) is 12.1 Å². The van der Waals surface area contributed by atoms with Crippen molar-refractivity contribution in [1.29, 1.82) is 0 Å². The Balaban J connectivity index is 1.93. The van der Waals surface area contributed by atoms with Gasteiger partial charge in [-0.15, -0.1) is 0 Å². The van der Waals surface area contributed by atoms with Crippen molar-refractivity contribution in [3.63, 3.8) is 0 Å². The monoisotopic (exact) mass is 422 g/mol. The average Bonchev–Trinajstić information content (AvgIpc) is 2.71. The van der Waals surface area contributed by atoms with E-state index >= 15 is 0 Å². The summed E-state index contributed by atoms with van der Waals surface area (Å²) in [6.45, 7) is 0.865. The molecule has 0 radical (unpaired) electrons. The first-order valence-electron chi connectivity index (χ1n) is 9.19. The molecule has 30 heavy (non-hydrogen) atoms. The molecule has 6 nitrogen and oxygen atoms in total. The van der Waals surface area contributed by atoms with Gasteiger partial charge in [0.1, 0.15) is 12.3 Å². The van der Waals surface area contributed by atoms with E-state index in [4.69, 9.17) is 4.74 Å². The van der Waals surface area contributed by atoms with Crippen LogP contribution in [0.25, 0.3) is 0 Å². The van der Waals surface area contributed by atoms with Crippen LogP contribution in [-0.4, -0.2) is 36.9 Å². The molecule has 2 aromatic rings. The van der Waals surface area contributed by atoms with Crippen molar-refractivity contribution in [2.24, 2.45) is 0 Å². The lowest BCUT2D eigenvalue weighted by Gasteiger charge is -2.12. The normalized spacial score (nSPS) is 10.9. The van der Waals surface area contributed by atoms with Crippen LogP contribution >= 0.6 is 0 Å². The predicted octanol–water partition coefficient (Wildman–Crippen LogP) is 3.98. The molecule has 9 heteroatoms. The summed E-state index contributed by atoms with van der Waals surface area (Å²) in [6, 6.07) is 12.2. The van der Waals surface area contributed by atoms with Crippen LogP contribution in [0.4, 0.5) is 18.9 Å². The van der Waals surface area contributed by atoms with Crippen molar-refractivity contribution < 1.29 is 32.3 Å². The number of carbonyl (C=O) groups excluding carboxylic acids is 3. The lowest BCUT2D eigenvalue weighted by Crippen LogP contribution is -2.34. The molecule has 2 N–H and O–H groups in total. The maximum Gasteiger partial charge on any atom is 0.405 e. The van der Waals surface area contributed by atoms with Crippen LogP contribution in [-0.2, 0) is 4.79 Å². The van der Waals surface area contributed by atoms with E-state index in [1.807, 2.05) is 6.92 Å². The van der Waals surface area contributed by atoms with Crippen molar-refractivity contribution in [3.05, 3.63) is 59.7 Å². The summed E-state index contributed by atoms with van der Waals surface area (Å²) in [5, 5.41) is 4.23. The molecule has 0 spiro atoms. The third-order valence-corrected chi connectivity index (χ3v) is 3.96. The van der Waals surface area contributed by atoms with Crippen molar-refractivity contribution in [1.82, 2.24) is 5.32 Å². The van der Waals surface area contributed by atoms with Crippen LogP contribution in [0.5, 0.6) is 5.75 Å². The Morgan fingerprint density at radius 2 is 1.63 bits per heavy atom. The van der Waals surface area contributed by atoms with Crippen LogP contribution in [0.2, 0.25) is 0 Å². The molecule has 0 fully saturated rings. The highest BCUT2D eigenvalue weighted by Gasteiger charge is 2.28. The number of ether oxygens (including phenoxy) is 1. The second-order valence-electron chi connectivity index (χ2n) is 6.27. The minimum Gasteiger partial charge on any atom is -0.494 e. The number of anilines is 1. The molecule has 0 atom stereocenters. The number of hydrogen-bond donors (Lipinski definition) is 2. The maximum atomic E-state index is 12.3. The number of Topliss-reactive ketones (excluding diaryl/α,β-unsaturated/α-hetero) is 1. The van der Waals surface area contributed by atoms with Gasteiger partial charge in [-0.2, -0.15) is 13.2 Å². The van der Waals surface area contributed by atoms with Crippen molar-refractivity contribution in [2.45, 2.75) is 25.9 Å². The third-order valence-electron chi connectivity index (χ3n) is 3.96. The van der Waals surface area contributed by atoms with Gasteiger partial charge in [0.15, 0.2) is 5.78 Å². The van der Waals surface area contributed by atoms with Crippen LogP contribution < -0.4 is 15.4 Å². The van der Waals surface area contributed by atoms with Gasteiger partial charge in [0.2, 0.25) is 5.91 Å². The predicted molar refractivity (Wildman–Crippen MR) is 105 cm³/mol. The molecule has 0 aromatic heterocycles. The highest BCUT2D eigenvalue weighted by atomic mass is 19.4. The summed E-state index contributed by atoms with van der Waals surface area (Å²) >= 11 is 0. The third kappa shape index (κ3) is 7.23. The number of carbonyl (C=O) groups is 3. The van der Waals surface area contributed by atoms with Crippen molar-refractivity contribution >= 4 is 23.3 Å². The molecule has 0 aliphatic carbocycles. The highest BCUT2D eigenvalue weighted by Crippen LogP contribution is 2.18. The fourth-order valence-corrected chi connectivity index (χ4v) is 2.55. The molecule has 0 aliphatic heterocycles. The first-order valence-corrected chi connectivity index (χ1v) is 9.19. The van der Waals surface area contributed by atoms with E-state index in [0.717, 1.165) is 0 Å². The van der Waals surface area contributed by atoms with Crippen LogP contribution in [0.3, 0.4) is 0 Å². The lowest BCUT2D eigenvalue weighted by atomic mass is 10.1. The Hall–Kier alpha value is -3.36. The van der Waals surface area contributed by atoms with Gasteiger partial charge < -0.3 is 15.4 Å². The average molecular weight is 422 g/mol. The zero-order valence-corrected chi connectivity index (χ0v) is 16.2. The Labute approximate surface area is 171 Å². The fourth-order valence-electron chi connectivity index (χ4n) is 2.55. The minimum atomic E-state index is -4.55. The molecule has 0 saturated carbocycles.